The summed E-state index contributed by atoms with van der Waals surface area (Å²) in [5, 5.41) is 14.3. The zero-order valence-corrected chi connectivity index (χ0v) is 18.8. The Hall–Kier alpha value is -4.39. The first kappa shape index (κ1) is 22.8. The van der Waals surface area contributed by atoms with E-state index in [2.05, 4.69) is 5.32 Å². The van der Waals surface area contributed by atoms with Gasteiger partial charge in [-0.1, -0.05) is 30.3 Å². The molecule has 0 aliphatic rings. The van der Waals surface area contributed by atoms with E-state index in [4.69, 9.17) is 4.74 Å². The zero-order chi connectivity index (χ0) is 24.3. The Balaban J connectivity index is 1.69. The van der Waals surface area contributed by atoms with E-state index in [-0.39, 0.29) is 22.8 Å². The quantitative estimate of drug-likeness (QED) is 0.362. The average Bonchev–Trinajstić information content (AvgIpc) is 2.80. The lowest BCUT2D eigenvalue weighted by atomic mass is 10.1. The summed E-state index contributed by atoms with van der Waals surface area (Å²) in [4.78, 5) is 11.2. The van der Waals surface area contributed by atoms with Crippen LogP contribution in [0.2, 0.25) is 0 Å². The van der Waals surface area contributed by atoms with Gasteiger partial charge in [-0.05, 0) is 59.3 Å². The molecule has 0 aliphatic carbocycles. The molecule has 0 saturated heterocycles. The molecule has 4 rings (SSSR count). The lowest BCUT2D eigenvalue weighted by molar-refractivity contribution is -0.114. The third-order valence-corrected chi connectivity index (χ3v) is 5.79. The number of rotatable bonds is 6. The maximum absolute atomic E-state index is 12.2. The van der Waals surface area contributed by atoms with Crippen LogP contribution in [-0.4, -0.2) is 18.9 Å². The summed E-state index contributed by atoms with van der Waals surface area (Å²) in [5.41, 5.74) is 0.451. The van der Waals surface area contributed by atoms with Gasteiger partial charge < -0.3 is 10.1 Å². The van der Waals surface area contributed by atoms with E-state index < -0.39 is 10.3 Å². The van der Waals surface area contributed by atoms with Gasteiger partial charge in [-0.25, -0.2) is 4.31 Å². The highest BCUT2D eigenvalue weighted by molar-refractivity contribution is 7.87. The Morgan fingerprint density at radius 1 is 0.941 bits per heavy atom. The van der Waals surface area contributed by atoms with Gasteiger partial charge in [0.15, 0.2) is 0 Å². The van der Waals surface area contributed by atoms with Crippen molar-refractivity contribution in [3.63, 3.8) is 0 Å². The van der Waals surface area contributed by atoms with Crippen molar-refractivity contribution >= 4 is 44.0 Å². The third-order valence-electron chi connectivity index (χ3n) is 4.92. The number of benzene rings is 4. The van der Waals surface area contributed by atoms with Gasteiger partial charge in [0.05, 0.1) is 16.9 Å². The van der Waals surface area contributed by atoms with E-state index in [0.717, 1.165) is 10.8 Å². The van der Waals surface area contributed by atoms with Crippen LogP contribution < -0.4 is 14.4 Å². The van der Waals surface area contributed by atoms with Gasteiger partial charge in [-0.2, -0.15) is 13.7 Å². The molecule has 0 heterocycles. The highest BCUT2D eigenvalue weighted by Gasteiger charge is 2.25. The van der Waals surface area contributed by atoms with Crippen molar-refractivity contribution in [2.75, 3.05) is 9.62 Å². The predicted molar refractivity (Wildman–Crippen MR) is 130 cm³/mol. The number of carbonyl (C=O) groups excluding carboxylic acids is 1. The van der Waals surface area contributed by atoms with E-state index in [1.807, 2.05) is 42.5 Å². The van der Waals surface area contributed by atoms with Gasteiger partial charge in [0, 0.05) is 18.7 Å². The van der Waals surface area contributed by atoms with Crippen molar-refractivity contribution in [2.24, 2.45) is 0 Å². The molecule has 1 amide bonds. The first-order valence-corrected chi connectivity index (χ1v) is 11.5. The largest absolute Gasteiger partial charge is 0.457 e. The van der Waals surface area contributed by atoms with E-state index in [1.54, 1.807) is 6.07 Å². The normalized spacial score (nSPS) is 11.0. The molecule has 0 fully saturated rings. The maximum Gasteiger partial charge on any atom is 0.364 e. The van der Waals surface area contributed by atoms with Crippen molar-refractivity contribution in [3.05, 3.63) is 90.5 Å². The molecule has 4 aromatic carbocycles. The molecular weight excluding hydrogens is 454 g/mol. The van der Waals surface area contributed by atoms with Gasteiger partial charge in [-0.3, -0.25) is 9.35 Å². The molecule has 0 bridgehead atoms. The Labute approximate surface area is 196 Å². The number of hydrogen-bond donors (Lipinski definition) is 2. The van der Waals surface area contributed by atoms with Gasteiger partial charge in [0.1, 0.15) is 17.6 Å². The average molecular weight is 474 g/mol. The van der Waals surface area contributed by atoms with E-state index in [0.29, 0.717) is 21.5 Å². The molecule has 0 saturated carbocycles. The molecule has 0 unspecified atom stereocenters. The van der Waals surface area contributed by atoms with Crippen LogP contribution in [0.3, 0.4) is 0 Å². The number of anilines is 3. The minimum absolute atomic E-state index is 0.0261. The van der Waals surface area contributed by atoms with Gasteiger partial charge >= 0.3 is 10.3 Å². The predicted octanol–water partition coefficient (Wildman–Crippen LogP) is 5.40. The monoisotopic (exact) mass is 473 g/mol. The van der Waals surface area contributed by atoms with Gasteiger partial charge in [0.25, 0.3) is 0 Å². The highest BCUT2D eigenvalue weighted by Crippen LogP contribution is 2.35. The van der Waals surface area contributed by atoms with Crippen molar-refractivity contribution in [1.29, 1.82) is 5.26 Å². The maximum atomic E-state index is 12.2. The summed E-state index contributed by atoms with van der Waals surface area (Å²) in [6.07, 6.45) is 0. The fourth-order valence-corrected chi connectivity index (χ4v) is 4.29. The van der Waals surface area contributed by atoms with Crippen LogP contribution >= 0.6 is 0 Å². The minimum Gasteiger partial charge on any atom is -0.457 e. The smallest absolute Gasteiger partial charge is 0.364 e. The fraction of sp³-hybridized carbons (Fsp3) is 0.0400. The van der Waals surface area contributed by atoms with Crippen LogP contribution in [0.4, 0.5) is 17.1 Å². The number of amides is 1. The standard InChI is InChI=1S/C25H19N3O5S/c1-17(29)27-21-7-9-22(10-8-21)28(34(30,31)32)25-13-12-24(15-20(25)16-26)33-23-11-6-18-4-2-3-5-19(18)14-23/h2-15H,1H3,(H,27,29)(H,30,31,32). The number of nitriles is 1. The third kappa shape index (κ3) is 4.99. The van der Waals surface area contributed by atoms with Crippen molar-refractivity contribution in [3.8, 4) is 17.6 Å². The molecule has 8 nitrogen and oxygen atoms in total. The van der Waals surface area contributed by atoms with Crippen molar-refractivity contribution in [2.45, 2.75) is 6.92 Å². The Morgan fingerprint density at radius 2 is 1.59 bits per heavy atom. The number of carbonyl (C=O) groups is 1. The summed E-state index contributed by atoms with van der Waals surface area (Å²) in [7, 11) is -4.78. The molecule has 9 heteroatoms. The van der Waals surface area contributed by atoms with Crippen LogP contribution in [0.1, 0.15) is 12.5 Å². The van der Waals surface area contributed by atoms with E-state index >= 15 is 0 Å². The summed E-state index contributed by atoms with van der Waals surface area (Å²) >= 11 is 0. The Morgan fingerprint density at radius 3 is 2.24 bits per heavy atom. The topological polar surface area (TPSA) is 120 Å². The molecule has 2 N–H and O–H groups in total. The molecule has 0 aromatic heterocycles. The van der Waals surface area contributed by atoms with E-state index in [1.165, 1.54) is 49.4 Å². The second kappa shape index (κ2) is 9.23. The molecule has 0 atom stereocenters. The van der Waals surface area contributed by atoms with Crippen molar-refractivity contribution < 1.29 is 22.5 Å². The van der Waals surface area contributed by atoms with Gasteiger partial charge in [-0.15, -0.1) is 0 Å². The summed E-state index contributed by atoms with van der Waals surface area (Å²) in [6.45, 7) is 1.35. The molecule has 0 radical (unpaired) electrons. The minimum atomic E-state index is -4.78. The SMILES string of the molecule is CC(=O)Nc1ccc(N(c2ccc(Oc3ccc4ccccc4c3)cc2C#N)S(=O)(=O)O)cc1. The number of nitrogens with zero attached hydrogens (tertiary/aromatic N) is 2. The molecular formula is C25H19N3O5S. The van der Waals surface area contributed by atoms with Crippen LogP contribution in [0.5, 0.6) is 11.5 Å². The molecule has 34 heavy (non-hydrogen) atoms. The lowest BCUT2D eigenvalue weighted by Gasteiger charge is -2.22. The highest BCUT2D eigenvalue weighted by atomic mass is 32.2. The van der Waals surface area contributed by atoms with Crippen LogP contribution in [-0.2, 0) is 15.1 Å². The van der Waals surface area contributed by atoms with Crippen LogP contribution in [0.25, 0.3) is 10.8 Å². The van der Waals surface area contributed by atoms with E-state index in [9.17, 15) is 23.0 Å². The second-order valence-corrected chi connectivity index (χ2v) is 8.63. The van der Waals surface area contributed by atoms with Crippen molar-refractivity contribution in [1.82, 2.24) is 0 Å². The van der Waals surface area contributed by atoms with Crippen LogP contribution in [0.15, 0.2) is 84.9 Å². The lowest BCUT2D eigenvalue weighted by Crippen LogP contribution is -2.26. The Bertz CT molecular complexity index is 1530. The molecule has 0 aliphatic heterocycles. The first-order chi connectivity index (χ1) is 16.2. The molecule has 170 valence electrons. The zero-order valence-electron chi connectivity index (χ0n) is 18.0. The summed E-state index contributed by atoms with van der Waals surface area (Å²) < 4.78 is 40.9. The summed E-state index contributed by atoms with van der Waals surface area (Å²) in [5.74, 6) is 0.593. The Kier molecular flexibility index (Phi) is 6.19. The van der Waals surface area contributed by atoms with Gasteiger partial charge in [0.2, 0.25) is 5.91 Å². The number of ether oxygens (including phenoxy) is 1. The fourth-order valence-electron chi connectivity index (χ4n) is 3.49. The molecule has 4 aromatic rings. The number of nitrogens with one attached hydrogen (secondary N) is 1. The summed E-state index contributed by atoms with van der Waals surface area (Å²) in [6, 6.07) is 25.4. The number of hydrogen-bond acceptors (Lipinski definition) is 5. The number of fused-ring (bicyclic) bond motifs is 1. The molecule has 0 spiro atoms. The second-order valence-electron chi connectivity index (χ2n) is 7.37. The van der Waals surface area contributed by atoms with Crippen LogP contribution in [0, 0.1) is 11.3 Å². The first-order valence-electron chi connectivity index (χ1n) is 10.1.